The number of aromatic nitrogens is 2. The lowest BCUT2D eigenvalue weighted by atomic mass is 9.94. The van der Waals surface area contributed by atoms with Crippen molar-refractivity contribution in [3.8, 4) is 11.1 Å². The number of carbonyl (C=O) groups is 1. The van der Waals surface area contributed by atoms with E-state index in [-0.39, 0.29) is 18.0 Å². The molecule has 158 valence electrons. The van der Waals surface area contributed by atoms with E-state index in [2.05, 4.69) is 4.98 Å². The van der Waals surface area contributed by atoms with Gasteiger partial charge in [-0.2, -0.15) is 0 Å². The largest absolute Gasteiger partial charge is 0.481 e. The minimum Gasteiger partial charge on any atom is -0.481 e. The molecular formula is C23H16ClF3N2O2. The molecule has 8 heteroatoms. The molecule has 0 bridgehead atoms. The summed E-state index contributed by atoms with van der Waals surface area (Å²) in [7, 11) is 0. The number of hydrogen-bond donors (Lipinski definition) is 1. The van der Waals surface area contributed by atoms with E-state index in [4.69, 9.17) is 11.6 Å². The molecule has 2 heterocycles. The van der Waals surface area contributed by atoms with E-state index in [1.54, 1.807) is 23.8 Å². The van der Waals surface area contributed by atoms with Crippen LogP contribution in [0, 0.1) is 24.4 Å². The van der Waals surface area contributed by atoms with E-state index < -0.39 is 23.4 Å². The van der Waals surface area contributed by atoms with Gasteiger partial charge >= 0.3 is 5.97 Å². The normalized spacial score (nSPS) is 11.3. The summed E-state index contributed by atoms with van der Waals surface area (Å²) < 4.78 is 42.4. The molecule has 0 saturated carbocycles. The number of pyridine rings is 1. The lowest BCUT2D eigenvalue weighted by molar-refractivity contribution is -0.136. The summed E-state index contributed by atoms with van der Waals surface area (Å²) in [5.41, 5.74) is 3.21. The van der Waals surface area contributed by atoms with Gasteiger partial charge in [-0.25, -0.2) is 18.2 Å². The first-order chi connectivity index (χ1) is 14.7. The fourth-order valence-electron chi connectivity index (χ4n) is 3.66. The number of halogens is 4. The van der Waals surface area contributed by atoms with Crippen LogP contribution in [-0.2, 0) is 17.8 Å². The number of fused-ring (bicyclic) bond motifs is 1. The van der Waals surface area contributed by atoms with E-state index in [0.717, 1.165) is 12.1 Å². The molecule has 4 aromatic rings. The molecule has 2 aromatic heterocycles. The third kappa shape index (κ3) is 4.01. The van der Waals surface area contributed by atoms with Crippen molar-refractivity contribution >= 4 is 28.6 Å². The van der Waals surface area contributed by atoms with Crippen molar-refractivity contribution in [3.05, 3.63) is 88.0 Å². The average molecular weight is 445 g/mol. The molecule has 1 N–H and O–H groups in total. The Morgan fingerprint density at radius 3 is 2.48 bits per heavy atom. The van der Waals surface area contributed by atoms with Gasteiger partial charge in [-0.05, 0) is 59.5 Å². The van der Waals surface area contributed by atoms with Crippen molar-refractivity contribution in [1.29, 1.82) is 0 Å². The Morgan fingerprint density at radius 1 is 1.06 bits per heavy atom. The summed E-state index contributed by atoms with van der Waals surface area (Å²) in [5.74, 6) is -3.48. The van der Waals surface area contributed by atoms with Crippen LogP contribution in [0.3, 0.4) is 0 Å². The molecule has 0 atom stereocenters. The smallest absolute Gasteiger partial charge is 0.307 e. The molecule has 0 aliphatic carbocycles. The maximum atomic E-state index is 13.7. The zero-order chi connectivity index (χ0) is 22.3. The Hall–Kier alpha value is -3.32. The molecule has 4 rings (SSSR count). The van der Waals surface area contributed by atoms with Crippen LogP contribution < -0.4 is 0 Å². The van der Waals surface area contributed by atoms with Gasteiger partial charge in [0.05, 0.1) is 11.4 Å². The Labute approximate surface area is 180 Å². The first-order valence-corrected chi connectivity index (χ1v) is 9.72. The molecule has 0 spiro atoms. The minimum atomic E-state index is -1.03. The number of benzene rings is 2. The van der Waals surface area contributed by atoms with Gasteiger partial charge in [0.15, 0.2) is 11.6 Å². The lowest BCUT2D eigenvalue weighted by Crippen LogP contribution is -2.08. The molecule has 0 amide bonds. The number of aliphatic carboxylic acids is 1. The second kappa shape index (κ2) is 8.07. The lowest BCUT2D eigenvalue weighted by Gasteiger charge is -2.15. The molecule has 0 aliphatic heterocycles. The summed E-state index contributed by atoms with van der Waals surface area (Å²) in [6.07, 6.45) is 1.46. The molecule has 0 unspecified atom stereocenters. The van der Waals surface area contributed by atoms with Crippen LogP contribution in [0.25, 0.3) is 22.2 Å². The van der Waals surface area contributed by atoms with E-state index in [9.17, 15) is 23.1 Å². The van der Waals surface area contributed by atoms with Gasteiger partial charge in [0.25, 0.3) is 0 Å². The van der Waals surface area contributed by atoms with Crippen molar-refractivity contribution in [2.24, 2.45) is 0 Å². The topological polar surface area (TPSA) is 55.1 Å². The van der Waals surface area contributed by atoms with Gasteiger partial charge in [0, 0.05) is 23.8 Å². The Balaban J connectivity index is 1.91. The van der Waals surface area contributed by atoms with Crippen LogP contribution in [0.15, 0.2) is 48.7 Å². The molecule has 4 nitrogen and oxygen atoms in total. The highest BCUT2D eigenvalue weighted by Gasteiger charge is 2.20. The van der Waals surface area contributed by atoms with Crippen LogP contribution in [0.1, 0.15) is 16.8 Å². The first kappa shape index (κ1) is 20.9. The van der Waals surface area contributed by atoms with Crippen LogP contribution in [0.5, 0.6) is 0 Å². The van der Waals surface area contributed by atoms with Crippen molar-refractivity contribution in [2.75, 3.05) is 0 Å². The summed E-state index contributed by atoms with van der Waals surface area (Å²) in [6.45, 7) is 1.93. The van der Waals surface area contributed by atoms with Gasteiger partial charge in [-0.1, -0.05) is 23.7 Å². The Bertz CT molecular complexity index is 1330. The number of nitrogens with zero attached hydrogens (tertiary/aromatic N) is 2. The predicted molar refractivity (Wildman–Crippen MR) is 112 cm³/mol. The minimum absolute atomic E-state index is 0.0809. The summed E-state index contributed by atoms with van der Waals surface area (Å²) in [5, 5.41) is 9.96. The molecule has 31 heavy (non-hydrogen) atoms. The van der Waals surface area contributed by atoms with Gasteiger partial charge in [0.2, 0.25) is 0 Å². The highest BCUT2D eigenvalue weighted by Crippen LogP contribution is 2.36. The van der Waals surface area contributed by atoms with Crippen LogP contribution in [0.4, 0.5) is 13.2 Å². The monoisotopic (exact) mass is 444 g/mol. The van der Waals surface area contributed by atoms with Gasteiger partial charge < -0.3 is 9.67 Å². The summed E-state index contributed by atoms with van der Waals surface area (Å²) >= 11 is 5.97. The highest BCUT2D eigenvalue weighted by atomic mass is 35.5. The van der Waals surface area contributed by atoms with Crippen molar-refractivity contribution in [1.82, 2.24) is 9.55 Å². The number of aryl methyl sites for hydroxylation is 1. The van der Waals surface area contributed by atoms with Gasteiger partial charge in [0.1, 0.15) is 11.5 Å². The number of hydrogen-bond acceptors (Lipinski definition) is 2. The molecule has 0 radical (unpaired) electrons. The third-order valence-electron chi connectivity index (χ3n) is 5.09. The van der Waals surface area contributed by atoms with E-state index in [1.807, 2.05) is 0 Å². The van der Waals surface area contributed by atoms with E-state index in [1.165, 1.54) is 24.3 Å². The van der Waals surface area contributed by atoms with Crippen LogP contribution >= 0.6 is 11.6 Å². The highest BCUT2D eigenvalue weighted by molar-refractivity contribution is 6.31. The van der Waals surface area contributed by atoms with Crippen LogP contribution in [-0.4, -0.2) is 20.6 Å². The average Bonchev–Trinajstić information content (AvgIpc) is 3.09. The zero-order valence-corrected chi connectivity index (χ0v) is 17.1. The van der Waals surface area contributed by atoms with Gasteiger partial charge in [-0.3, -0.25) is 4.79 Å². The van der Waals surface area contributed by atoms with Crippen molar-refractivity contribution in [2.45, 2.75) is 19.9 Å². The van der Waals surface area contributed by atoms with E-state index >= 15 is 0 Å². The molecule has 2 aromatic carbocycles. The number of carboxylic acids is 1. The van der Waals surface area contributed by atoms with Crippen molar-refractivity contribution in [3.63, 3.8) is 0 Å². The molecular weight excluding hydrogens is 429 g/mol. The number of rotatable bonds is 5. The first-order valence-electron chi connectivity index (χ1n) is 9.34. The second-order valence-corrected chi connectivity index (χ2v) is 7.59. The third-order valence-corrected chi connectivity index (χ3v) is 5.38. The second-order valence-electron chi connectivity index (χ2n) is 7.18. The standard InChI is InChI=1S/C23H16ClF3N2O2/c1-12-16(10-21(30)31)22(14-3-5-18(25)17(24)9-14)15-6-7-29(23(15)28-12)11-13-2-4-19(26)20(27)8-13/h2-9H,10-11H2,1H3,(H,30,31). The Morgan fingerprint density at radius 2 is 1.81 bits per heavy atom. The Kier molecular flexibility index (Phi) is 5.45. The quantitative estimate of drug-likeness (QED) is 0.426. The van der Waals surface area contributed by atoms with Crippen LogP contribution in [0.2, 0.25) is 5.02 Å². The fourth-order valence-corrected chi connectivity index (χ4v) is 3.85. The maximum Gasteiger partial charge on any atom is 0.307 e. The predicted octanol–water partition coefficient (Wildman–Crippen LogP) is 5.76. The fraction of sp³-hybridized carbons (Fsp3) is 0.130. The zero-order valence-electron chi connectivity index (χ0n) is 16.3. The number of carboxylic acid groups (broad SMARTS) is 1. The summed E-state index contributed by atoms with van der Waals surface area (Å²) in [4.78, 5) is 16.1. The van der Waals surface area contributed by atoms with Crippen molar-refractivity contribution < 1.29 is 23.1 Å². The SMILES string of the molecule is Cc1nc2c(ccn2Cc2ccc(F)c(F)c2)c(-c2ccc(F)c(Cl)c2)c1CC(=O)O. The van der Waals surface area contributed by atoms with E-state index in [0.29, 0.717) is 39.0 Å². The molecule has 0 saturated heterocycles. The summed E-state index contributed by atoms with van der Waals surface area (Å²) in [6, 6.07) is 9.63. The molecule has 0 fully saturated rings. The molecule has 0 aliphatic rings. The van der Waals surface area contributed by atoms with Gasteiger partial charge in [-0.15, -0.1) is 0 Å². The maximum absolute atomic E-state index is 13.7.